The molecule has 1 aromatic heterocycles. The van der Waals surface area contributed by atoms with Crippen molar-refractivity contribution in [2.45, 2.75) is 66.4 Å². The molecule has 2 aromatic rings. The number of fused-ring (bicyclic) bond motifs is 1. The van der Waals surface area contributed by atoms with Crippen molar-refractivity contribution in [2.75, 3.05) is 11.4 Å². The molecular formula is C21H28BrN3O. The van der Waals surface area contributed by atoms with Crippen molar-refractivity contribution in [2.24, 2.45) is 0 Å². The van der Waals surface area contributed by atoms with Crippen LogP contribution in [0, 0.1) is 20.8 Å². The van der Waals surface area contributed by atoms with Crippen LogP contribution < -0.4 is 9.64 Å². The normalized spacial score (nSPS) is 13.9. The Morgan fingerprint density at radius 3 is 2.38 bits per heavy atom. The zero-order valence-electron chi connectivity index (χ0n) is 16.4. The first-order chi connectivity index (χ1) is 12.4. The van der Waals surface area contributed by atoms with E-state index in [9.17, 15) is 0 Å². The van der Waals surface area contributed by atoms with E-state index in [2.05, 4.69) is 65.6 Å². The summed E-state index contributed by atoms with van der Waals surface area (Å²) in [5.74, 6) is 2.56. The van der Waals surface area contributed by atoms with Gasteiger partial charge in [0.25, 0.3) is 0 Å². The van der Waals surface area contributed by atoms with Crippen LogP contribution in [0.3, 0.4) is 0 Å². The van der Waals surface area contributed by atoms with Crippen molar-refractivity contribution >= 4 is 27.4 Å². The van der Waals surface area contributed by atoms with Crippen molar-refractivity contribution in [1.82, 2.24) is 9.97 Å². The fraction of sp³-hybridized carbons (Fsp3) is 0.524. The van der Waals surface area contributed by atoms with Crippen LogP contribution in [-0.4, -0.2) is 22.6 Å². The number of hydrogen-bond donors (Lipinski definition) is 0. The van der Waals surface area contributed by atoms with Gasteiger partial charge in [0.05, 0.1) is 11.7 Å². The number of aryl methyl sites for hydroxylation is 3. The van der Waals surface area contributed by atoms with Crippen LogP contribution in [0.25, 0.3) is 0 Å². The van der Waals surface area contributed by atoms with Gasteiger partial charge >= 0.3 is 0 Å². The monoisotopic (exact) mass is 417 g/mol. The lowest BCUT2D eigenvalue weighted by molar-refractivity contribution is 0.182. The van der Waals surface area contributed by atoms with E-state index >= 15 is 0 Å². The Balaban J connectivity index is 2.09. The Morgan fingerprint density at radius 2 is 1.77 bits per heavy atom. The maximum atomic E-state index is 6.27. The number of nitrogens with zero attached hydrogens (tertiary/aromatic N) is 3. The second-order valence-electron chi connectivity index (χ2n) is 7.08. The molecule has 0 spiro atoms. The van der Waals surface area contributed by atoms with Crippen LogP contribution in [0.4, 0.5) is 11.5 Å². The highest BCUT2D eigenvalue weighted by Gasteiger charge is 2.27. The summed E-state index contributed by atoms with van der Waals surface area (Å²) in [5, 5.41) is 0. The molecule has 1 aromatic carbocycles. The van der Waals surface area contributed by atoms with Crippen LogP contribution in [-0.2, 0) is 6.42 Å². The first-order valence-electron chi connectivity index (χ1n) is 9.53. The van der Waals surface area contributed by atoms with E-state index < -0.39 is 0 Å². The van der Waals surface area contributed by atoms with Crippen LogP contribution in [0.5, 0.6) is 5.88 Å². The van der Waals surface area contributed by atoms with E-state index in [1.807, 2.05) is 6.92 Å². The highest BCUT2D eigenvalue weighted by atomic mass is 79.9. The lowest BCUT2D eigenvalue weighted by Gasteiger charge is -2.33. The summed E-state index contributed by atoms with van der Waals surface area (Å²) in [4.78, 5) is 11.8. The first-order valence-corrected chi connectivity index (χ1v) is 10.3. The number of aromatic nitrogens is 2. The van der Waals surface area contributed by atoms with Crippen molar-refractivity contribution in [1.29, 1.82) is 0 Å². The molecule has 5 heteroatoms. The molecule has 0 fully saturated rings. The fourth-order valence-electron chi connectivity index (χ4n) is 3.77. The number of anilines is 2. The zero-order chi connectivity index (χ0) is 18.8. The summed E-state index contributed by atoms with van der Waals surface area (Å²) in [6, 6.07) is 4.35. The van der Waals surface area contributed by atoms with Crippen LogP contribution in [0.15, 0.2) is 16.6 Å². The van der Waals surface area contributed by atoms with E-state index in [1.165, 1.54) is 16.8 Å². The lowest BCUT2D eigenvalue weighted by Crippen LogP contribution is -2.29. The maximum Gasteiger partial charge on any atom is 0.222 e. The standard InChI is InChI=1S/C21H28BrN3O/c1-6-17(7-2)26-21-18-9-8-10-25(20(18)23-15(5)24-21)19-13(3)11-16(22)12-14(19)4/h11-12,17H,6-10H2,1-5H3. The lowest BCUT2D eigenvalue weighted by atomic mass is 10.0. The van der Waals surface area contributed by atoms with Gasteiger partial charge in [0.1, 0.15) is 11.6 Å². The molecule has 26 heavy (non-hydrogen) atoms. The van der Waals surface area contributed by atoms with Crippen molar-refractivity contribution < 1.29 is 4.74 Å². The Bertz CT molecular complexity index is 779. The summed E-state index contributed by atoms with van der Waals surface area (Å²) in [5.41, 5.74) is 4.91. The predicted molar refractivity (Wildman–Crippen MR) is 111 cm³/mol. The average molecular weight is 418 g/mol. The molecule has 2 heterocycles. The minimum Gasteiger partial charge on any atom is -0.474 e. The van der Waals surface area contributed by atoms with E-state index in [0.29, 0.717) is 0 Å². The molecule has 0 aliphatic carbocycles. The highest BCUT2D eigenvalue weighted by Crippen LogP contribution is 2.40. The van der Waals surface area contributed by atoms with Gasteiger partial charge in [-0.05, 0) is 69.7 Å². The van der Waals surface area contributed by atoms with E-state index in [-0.39, 0.29) is 6.10 Å². The third-order valence-corrected chi connectivity index (χ3v) is 5.50. The molecule has 0 N–H and O–H groups in total. The zero-order valence-corrected chi connectivity index (χ0v) is 18.0. The predicted octanol–water partition coefficient (Wildman–Crippen LogP) is 5.82. The average Bonchev–Trinajstić information content (AvgIpc) is 2.59. The van der Waals surface area contributed by atoms with Crippen molar-refractivity contribution in [3.63, 3.8) is 0 Å². The minimum atomic E-state index is 0.208. The number of benzene rings is 1. The second-order valence-corrected chi connectivity index (χ2v) is 7.99. The summed E-state index contributed by atoms with van der Waals surface area (Å²) < 4.78 is 7.39. The highest BCUT2D eigenvalue weighted by molar-refractivity contribution is 9.10. The molecule has 4 nitrogen and oxygen atoms in total. The number of ether oxygens (including phenoxy) is 1. The molecule has 3 rings (SSSR count). The van der Waals surface area contributed by atoms with E-state index in [1.54, 1.807) is 0 Å². The molecule has 0 atom stereocenters. The Kier molecular flexibility index (Phi) is 5.86. The molecule has 1 aliphatic heterocycles. The number of rotatable bonds is 5. The van der Waals surface area contributed by atoms with E-state index in [4.69, 9.17) is 9.72 Å². The molecular weight excluding hydrogens is 390 g/mol. The van der Waals surface area contributed by atoms with Crippen LogP contribution in [0.1, 0.15) is 55.6 Å². The summed E-state index contributed by atoms with van der Waals surface area (Å²) >= 11 is 3.60. The summed E-state index contributed by atoms with van der Waals surface area (Å²) in [7, 11) is 0. The van der Waals surface area contributed by atoms with E-state index in [0.717, 1.165) is 59.8 Å². The van der Waals surface area contributed by atoms with Crippen LogP contribution in [0.2, 0.25) is 0 Å². The fourth-order valence-corrected chi connectivity index (χ4v) is 4.46. The van der Waals surface area contributed by atoms with Crippen molar-refractivity contribution in [3.05, 3.63) is 39.1 Å². The molecule has 140 valence electrons. The second kappa shape index (κ2) is 7.95. The topological polar surface area (TPSA) is 38.3 Å². The molecule has 0 bridgehead atoms. The van der Waals surface area contributed by atoms with Gasteiger partial charge in [-0.3, -0.25) is 0 Å². The van der Waals surface area contributed by atoms with Gasteiger partial charge in [-0.2, -0.15) is 4.98 Å². The van der Waals surface area contributed by atoms with Gasteiger partial charge in [-0.15, -0.1) is 0 Å². The third kappa shape index (κ3) is 3.73. The Labute approximate surface area is 165 Å². The quantitative estimate of drug-likeness (QED) is 0.614. The molecule has 0 saturated heterocycles. The SMILES string of the molecule is CCC(CC)Oc1nc(C)nc2c1CCCN2c1c(C)cc(Br)cc1C. The van der Waals surface area contributed by atoms with Gasteiger partial charge in [-0.1, -0.05) is 29.8 Å². The summed E-state index contributed by atoms with van der Waals surface area (Å²) in [6.07, 6.45) is 4.23. The Morgan fingerprint density at radius 1 is 1.12 bits per heavy atom. The largest absolute Gasteiger partial charge is 0.474 e. The van der Waals surface area contributed by atoms with Gasteiger partial charge in [0.2, 0.25) is 5.88 Å². The first kappa shape index (κ1) is 19.2. The van der Waals surface area contributed by atoms with Gasteiger partial charge in [-0.25, -0.2) is 4.98 Å². The smallest absolute Gasteiger partial charge is 0.222 e. The third-order valence-electron chi connectivity index (χ3n) is 5.04. The van der Waals surface area contributed by atoms with Crippen LogP contribution >= 0.6 is 15.9 Å². The minimum absolute atomic E-state index is 0.208. The van der Waals surface area contributed by atoms with Gasteiger partial charge in [0.15, 0.2) is 0 Å². The molecule has 1 aliphatic rings. The summed E-state index contributed by atoms with van der Waals surface area (Å²) in [6.45, 7) is 11.6. The number of halogens is 1. The molecule has 0 saturated carbocycles. The van der Waals surface area contributed by atoms with Gasteiger partial charge in [0, 0.05) is 16.7 Å². The molecule has 0 amide bonds. The maximum absolute atomic E-state index is 6.27. The number of hydrogen-bond acceptors (Lipinski definition) is 4. The Hall–Kier alpha value is -1.62. The van der Waals surface area contributed by atoms with Gasteiger partial charge < -0.3 is 9.64 Å². The molecule has 0 radical (unpaired) electrons. The molecule has 0 unspecified atom stereocenters. The van der Waals surface area contributed by atoms with Crippen molar-refractivity contribution in [3.8, 4) is 5.88 Å².